The van der Waals surface area contributed by atoms with Gasteiger partial charge in [-0.05, 0) is 61.7 Å². The Balaban J connectivity index is 1.18. The van der Waals surface area contributed by atoms with Crippen molar-refractivity contribution in [3.8, 4) is 22.6 Å². The zero-order valence-electron chi connectivity index (χ0n) is 20.2. The average Bonchev–Trinajstić information content (AvgIpc) is 3.41. The summed E-state index contributed by atoms with van der Waals surface area (Å²) in [5, 5.41) is 7.23. The third kappa shape index (κ3) is 4.04. The fourth-order valence-corrected chi connectivity index (χ4v) is 4.68. The number of anilines is 2. The number of pyridine rings is 1. The van der Waals surface area contributed by atoms with E-state index in [2.05, 4.69) is 15.4 Å². The van der Waals surface area contributed by atoms with Crippen LogP contribution in [0.1, 0.15) is 47.4 Å². The molecule has 2 aromatic carbocycles. The number of nitrogens with zero attached hydrogens (tertiary/aromatic N) is 3. The van der Waals surface area contributed by atoms with Gasteiger partial charge < -0.3 is 20.5 Å². The number of benzene rings is 2. The maximum absolute atomic E-state index is 13.0. The van der Waals surface area contributed by atoms with Crippen LogP contribution >= 0.6 is 0 Å². The van der Waals surface area contributed by atoms with Gasteiger partial charge >= 0.3 is 0 Å². The monoisotopic (exact) mass is 481 g/mol. The first-order chi connectivity index (χ1) is 17.4. The number of carbonyl (C=O) groups is 1. The minimum atomic E-state index is -0.318. The predicted octanol–water partition coefficient (Wildman–Crippen LogP) is 4.88. The fraction of sp³-hybridized carbons (Fsp3) is 0.250. The molecule has 0 bridgehead atoms. The predicted molar refractivity (Wildman–Crippen MR) is 137 cm³/mol. The van der Waals surface area contributed by atoms with Crippen molar-refractivity contribution in [2.75, 3.05) is 17.7 Å². The van der Waals surface area contributed by atoms with Gasteiger partial charge in [0.05, 0.1) is 12.8 Å². The van der Waals surface area contributed by atoms with Gasteiger partial charge in [0.15, 0.2) is 11.6 Å². The van der Waals surface area contributed by atoms with Crippen LogP contribution in [0.25, 0.3) is 11.1 Å². The molecule has 3 N–H and O–H groups in total. The summed E-state index contributed by atoms with van der Waals surface area (Å²) >= 11 is 0. The molecule has 6 rings (SSSR count). The van der Waals surface area contributed by atoms with Crippen LogP contribution in [-0.4, -0.2) is 27.3 Å². The summed E-state index contributed by atoms with van der Waals surface area (Å²) in [5.74, 6) is 1.56. The second kappa shape index (κ2) is 8.41. The van der Waals surface area contributed by atoms with E-state index in [1.165, 1.54) is 0 Å². The average molecular weight is 482 g/mol. The van der Waals surface area contributed by atoms with Gasteiger partial charge in [0.2, 0.25) is 0 Å². The zero-order chi connectivity index (χ0) is 24.9. The normalized spacial score (nSPS) is 15.7. The van der Waals surface area contributed by atoms with E-state index >= 15 is 0 Å². The first-order valence-electron chi connectivity index (χ1n) is 12.0. The largest absolute Gasteiger partial charge is 0.492 e. The van der Waals surface area contributed by atoms with Crippen molar-refractivity contribution in [3.05, 3.63) is 83.8 Å². The summed E-state index contributed by atoms with van der Waals surface area (Å²) in [6.07, 6.45) is 7.31. The van der Waals surface area contributed by atoms with Crippen LogP contribution in [0.4, 0.5) is 11.5 Å². The first kappa shape index (κ1) is 22.2. The second-order valence-corrected chi connectivity index (χ2v) is 9.63. The second-order valence-electron chi connectivity index (χ2n) is 9.63. The molecule has 1 amide bonds. The summed E-state index contributed by atoms with van der Waals surface area (Å²) in [4.78, 5) is 17.3. The maximum Gasteiger partial charge on any atom is 0.255 e. The number of hydrogen-bond acceptors (Lipinski definition) is 6. The number of rotatable bonds is 6. The lowest BCUT2D eigenvalue weighted by Gasteiger charge is -2.18. The van der Waals surface area contributed by atoms with Gasteiger partial charge in [-0.2, -0.15) is 5.10 Å². The molecule has 4 aromatic rings. The SMILES string of the molecule is C[C@@H](Oc1cc(-c2cnn(C)c2)cnc1N)c1cccc(NC(=O)c2ccc3c(c2)C2(CC2)CO3)c1. The van der Waals surface area contributed by atoms with Crippen LogP contribution in [0, 0.1) is 0 Å². The molecule has 1 aliphatic heterocycles. The Morgan fingerprint density at radius 2 is 2.03 bits per heavy atom. The smallest absolute Gasteiger partial charge is 0.255 e. The molecule has 0 saturated heterocycles. The molecule has 182 valence electrons. The van der Waals surface area contributed by atoms with Crippen LogP contribution in [-0.2, 0) is 12.5 Å². The van der Waals surface area contributed by atoms with E-state index < -0.39 is 0 Å². The molecule has 0 unspecified atom stereocenters. The van der Waals surface area contributed by atoms with E-state index in [1.54, 1.807) is 17.1 Å². The highest BCUT2D eigenvalue weighted by molar-refractivity contribution is 6.04. The number of ether oxygens (including phenoxy) is 2. The Kier molecular flexibility index (Phi) is 5.17. The third-order valence-corrected chi connectivity index (χ3v) is 7.01. The summed E-state index contributed by atoms with van der Waals surface area (Å²) in [7, 11) is 1.86. The quantitative estimate of drug-likeness (QED) is 0.407. The lowest BCUT2D eigenvalue weighted by molar-refractivity contribution is 0.102. The van der Waals surface area contributed by atoms with E-state index in [-0.39, 0.29) is 17.4 Å². The van der Waals surface area contributed by atoms with Crippen LogP contribution in [0.5, 0.6) is 11.5 Å². The number of nitrogens with two attached hydrogens (primary N) is 1. The number of amides is 1. The number of aryl methyl sites for hydroxylation is 1. The van der Waals surface area contributed by atoms with Crippen molar-refractivity contribution in [2.45, 2.75) is 31.3 Å². The minimum absolute atomic E-state index is 0.128. The molecule has 1 fully saturated rings. The van der Waals surface area contributed by atoms with Crippen molar-refractivity contribution in [1.82, 2.24) is 14.8 Å². The lowest BCUT2D eigenvalue weighted by atomic mass is 9.96. The van der Waals surface area contributed by atoms with E-state index in [4.69, 9.17) is 15.2 Å². The number of carbonyl (C=O) groups excluding carboxylic acids is 1. The molecule has 0 radical (unpaired) electrons. The van der Waals surface area contributed by atoms with Crippen LogP contribution in [0.15, 0.2) is 67.1 Å². The van der Waals surface area contributed by atoms with Crippen molar-refractivity contribution >= 4 is 17.4 Å². The topological polar surface area (TPSA) is 104 Å². The first-order valence-corrected chi connectivity index (χ1v) is 12.0. The maximum atomic E-state index is 13.0. The molecule has 8 heteroatoms. The van der Waals surface area contributed by atoms with E-state index in [1.807, 2.05) is 68.7 Å². The van der Waals surface area contributed by atoms with E-state index in [0.29, 0.717) is 22.8 Å². The van der Waals surface area contributed by atoms with Gasteiger partial charge in [0.1, 0.15) is 11.9 Å². The van der Waals surface area contributed by atoms with Crippen LogP contribution in [0.3, 0.4) is 0 Å². The summed E-state index contributed by atoms with van der Waals surface area (Å²) in [5.41, 5.74) is 11.4. The number of nitrogens with one attached hydrogen (secondary N) is 1. The molecule has 2 aromatic heterocycles. The number of fused-ring (bicyclic) bond motifs is 2. The molecule has 1 saturated carbocycles. The van der Waals surface area contributed by atoms with Crippen molar-refractivity contribution in [3.63, 3.8) is 0 Å². The van der Waals surface area contributed by atoms with Gasteiger partial charge in [-0.1, -0.05) is 12.1 Å². The highest BCUT2D eigenvalue weighted by atomic mass is 16.5. The lowest BCUT2D eigenvalue weighted by Crippen LogP contribution is -2.14. The van der Waals surface area contributed by atoms with E-state index in [0.717, 1.165) is 47.5 Å². The van der Waals surface area contributed by atoms with Crippen LogP contribution in [0.2, 0.25) is 0 Å². The molecule has 8 nitrogen and oxygen atoms in total. The molecule has 2 aliphatic rings. The standard InChI is InChI=1S/C28H27N5O3/c1-17(36-25-12-20(13-30-26(25)29)21-14-31-33(2)15-21)18-4-3-5-22(10-18)32-27(34)19-6-7-24-23(11-19)28(8-9-28)16-35-24/h3-7,10-15,17H,8-9,16H2,1-2H3,(H2,29,30)(H,32,34)/t17-/m1/s1. The number of nitrogen functional groups attached to an aromatic ring is 1. The molecular weight excluding hydrogens is 454 g/mol. The summed E-state index contributed by atoms with van der Waals surface area (Å²) in [6, 6.07) is 15.2. The van der Waals surface area contributed by atoms with Gasteiger partial charge in [0, 0.05) is 52.8 Å². The van der Waals surface area contributed by atoms with E-state index in [9.17, 15) is 4.79 Å². The van der Waals surface area contributed by atoms with Gasteiger partial charge in [0.25, 0.3) is 5.91 Å². The summed E-state index contributed by atoms with van der Waals surface area (Å²) in [6.45, 7) is 2.66. The van der Waals surface area contributed by atoms with Gasteiger partial charge in [-0.25, -0.2) is 4.98 Å². The number of aromatic nitrogens is 3. The highest BCUT2D eigenvalue weighted by Crippen LogP contribution is 2.55. The van der Waals surface area contributed by atoms with Crippen molar-refractivity contribution < 1.29 is 14.3 Å². The van der Waals surface area contributed by atoms with Crippen LogP contribution < -0.4 is 20.5 Å². The number of hydrogen-bond donors (Lipinski definition) is 2. The Bertz CT molecular complexity index is 1470. The molecule has 1 aliphatic carbocycles. The Hall–Kier alpha value is -4.33. The summed E-state index contributed by atoms with van der Waals surface area (Å²) < 4.78 is 13.7. The molecule has 3 heterocycles. The molecular formula is C28H27N5O3. The Labute approximate surface area is 209 Å². The fourth-order valence-electron chi connectivity index (χ4n) is 4.68. The minimum Gasteiger partial charge on any atom is -0.492 e. The molecule has 1 atom stereocenters. The highest BCUT2D eigenvalue weighted by Gasteiger charge is 2.50. The Morgan fingerprint density at radius 3 is 2.81 bits per heavy atom. The van der Waals surface area contributed by atoms with Crippen molar-refractivity contribution in [2.24, 2.45) is 7.05 Å². The Morgan fingerprint density at radius 1 is 1.17 bits per heavy atom. The third-order valence-electron chi connectivity index (χ3n) is 7.01. The van der Waals surface area contributed by atoms with Gasteiger partial charge in [-0.3, -0.25) is 9.48 Å². The molecule has 1 spiro atoms. The van der Waals surface area contributed by atoms with Crippen molar-refractivity contribution in [1.29, 1.82) is 0 Å². The molecule has 36 heavy (non-hydrogen) atoms. The zero-order valence-corrected chi connectivity index (χ0v) is 20.2. The van der Waals surface area contributed by atoms with Gasteiger partial charge in [-0.15, -0.1) is 0 Å².